The summed E-state index contributed by atoms with van der Waals surface area (Å²) in [7, 11) is 0. The lowest BCUT2D eigenvalue weighted by molar-refractivity contribution is 0.0930. The number of benzene rings is 1. The molecule has 0 atom stereocenters. The number of piperidine rings is 1. The molecule has 0 unspecified atom stereocenters. The third kappa shape index (κ3) is 3.44. The maximum Gasteiger partial charge on any atom is 0.298 e. The number of carbonyl (C=O) groups excluding carboxylic acids is 1. The van der Waals surface area contributed by atoms with E-state index in [1.165, 1.54) is 0 Å². The second kappa shape index (κ2) is 6.72. The highest BCUT2D eigenvalue weighted by Gasteiger charge is 2.24. The van der Waals surface area contributed by atoms with Crippen molar-refractivity contribution >= 4 is 34.6 Å². The van der Waals surface area contributed by atoms with Crippen LogP contribution in [-0.4, -0.2) is 35.0 Å². The summed E-state index contributed by atoms with van der Waals surface area (Å²) in [6, 6.07) is 9.70. The number of nitrogens with one attached hydrogen (secondary N) is 1. The Labute approximate surface area is 149 Å². The number of carbonyl (C=O) groups is 1. The number of aromatic nitrogens is 2. The summed E-state index contributed by atoms with van der Waals surface area (Å²) in [6.07, 6.45) is 4.91. The predicted molar refractivity (Wildman–Crippen MR) is 96.0 cm³/mol. The maximum absolute atomic E-state index is 12.2. The van der Waals surface area contributed by atoms with Crippen LogP contribution in [0.1, 0.15) is 23.2 Å². The number of anilines is 1. The van der Waals surface area contributed by atoms with Crippen LogP contribution in [0.4, 0.5) is 6.01 Å². The first-order valence-electron chi connectivity index (χ1n) is 8.21. The van der Waals surface area contributed by atoms with Crippen molar-refractivity contribution in [2.75, 3.05) is 18.0 Å². The van der Waals surface area contributed by atoms with E-state index in [0.717, 1.165) is 31.4 Å². The summed E-state index contributed by atoms with van der Waals surface area (Å²) >= 11 is 5.99. The molecule has 2 aromatic heterocycles. The molecule has 1 aliphatic rings. The van der Waals surface area contributed by atoms with Crippen molar-refractivity contribution in [2.45, 2.75) is 18.9 Å². The van der Waals surface area contributed by atoms with Gasteiger partial charge < -0.3 is 14.6 Å². The molecule has 1 N–H and O–H groups in total. The number of nitrogens with zero attached hydrogens (tertiary/aromatic N) is 3. The number of halogens is 1. The fourth-order valence-corrected chi connectivity index (χ4v) is 3.16. The third-order valence-corrected chi connectivity index (χ3v) is 4.60. The summed E-state index contributed by atoms with van der Waals surface area (Å²) in [6.45, 7) is 1.55. The van der Waals surface area contributed by atoms with E-state index in [1.54, 1.807) is 36.7 Å². The zero-order valence-corrected chi connectivity index (χ0v) is 14.2. The fraction of sp³-hybridized carbons (Fsp3) is 0.278. The van der Waals surface area contributed by atoms with Crippen LogP contribution in [0, 0.1) is 0 Å². The Hall–Kier alpha value is -2.60. The second-order valence-corrected chi connectivity index (χ2v) is 6.52. The zero-order chi connectivity index (χ0) is 17.2. The number of oxazole rings is 1. The number of pyridine rings is 1. The molecule has 1 fully saturated rings. The summed E-state index contributed by atoms with van der Waals surface area (Å²) in [5, 5.41) is 3.70. The quantitative estimate of drug-likeness (QED) is 0.779. The molecule has 0 bridgehead atoms. The molecule has 1 saturated heterocycles. The lowest BCUT2D eigenvalue weighted by Gasteiger charge is -2.31. The van der Waals surface area contributed by atoms with Crippen molar-refractivity contribution in [3.05, 3.63) is 53.3 Å². The van der Waals surface area contributed by atoms with Crippen molar-refractivity contribution < 1.29 is 9.21 Å². The van der Waals surface area contributed by atoms with Crippen LogP contribution in [0.15, 0.2) is 47.1 Å². The smallest absolute Gasteiger partial charge is 0.298 e. The number of hydrogen-bond acceptors (Lipinski definition) is 5. The van der Waals surface area contributed by atoms with E-state index < -0.39 is 0 Å². The number of amides is 1. The molecule has 25 heavy (non-hydrogen) atoms. The molecule has 6 nitrogen and oxygen atoms in total. The van der Waals surface area contributed by atoms with E-state index >= 15 is 0 Å². The van der Waals surface area contributed by atoms with E-state index in [4.69, 9.17) is 16.0 Å². The number of hydrogen-bond donors (Lipinski definition) is 1. The molecule has 1 aliphatic heterocycles. The van der Waals surface area contributed by atoms with Crippen LogP contribution in [-0.2, 0) is 0 Å². The molecule has 1 amide bonds. The maximum atomic E-state index is 12.2. The average Bonchev–Trinajstić information content (AvgIpc) is 3.06. The number of fused-ring (bicyclic) bond motifs is 1. The molecule has 3 aromatic rings. The van der Waals surface area contributed by atoms with Gasteiger partial charge in [0, 0.05) is 42.6 Å². The topological polar surface area (TPSA) is 71.3 Å². The Morgan fingerprint density at radius 3 is 2.88 bits per heavy atom. The van der Waals surface area contributed by atoms with Crippen LogP contribution in [0.2, 0.25) is 5.02 Å². The highest BCUT2D eigenvalue weighted by Crippen LogP contribution is 2.26. The van der Waals surface area contributed by atoms with E-state index in [-0.39, 0.29) is 11.9 Å². The van der Waals surface area contributed by atoms with Crippen molar-refractivity contribution in [3.63, 3.8) is 0 Å². The molecular weight excluding hydrogens is 340 g/mol. The summed E-state index contributed by atoms with van der Waals surface area (Å²) in [4.78, 5) is 22.8. The lowest BCUT2D eigenvalue weighted by Crippen LogP contribution is -2.44. The summed E-state index contributed by atoms with van der Waals surface area (Å²) < 4.78 is 5.81. The molecule has 0 saturated carbocycles. The first-order valence-corrected chi connectivity index (χ1v) is 8.59. The Morgan fingerprint density at radius 2 is 2.12 bits per heavy atom. The largest absolute Gasteiger partial charge is 0.423 e. The minimum absolute atomic E-state index is 0.0805. The summed E-state index contributed by atoms with van der Waals surface area (Å²) in [5.41, 5.74) is 2.07. The van der Waals surface area contributed by atoms with Crippen LogP contribution in [0.5, 0.6) is 0 Å². The minimum atomic E-state index is -0.0805. The monoisotopic (exact) mass is 356 g/mol. The van der Waals surface area contributed by atoms with Crippen molar-refractivity contribution in [2.24, 2.45) is 0 Å². The van der Waals surface area contributed by atoms with Gasteiger partial charge in [-0.25, -0.2) is 0 Å². The Kier molecular flexibility index (Phi) is 4.28. The van der Waals surface area contributed by atoms with E-state index in [9.17, 15) is 4.79 Å². The van der Waals surface area contributed by atoms with Crippen LogP contribution in [0.25, 0.3) is 11.1 Å². The summed E-state index contributed by atoms with van der Waals surface area (Å²) in [5.74, 6) is -0.0805. The van der Waals surface area contributed by atoms with Crippen molar-refractivity contribution in [1.82, 2.24) is 15.3 Å². The molecule has 0 aliphatic carbocycles. The van der Waals surface area contributed by atoms with E-state index in [2.05, 4.69) is 20.2 Å². The molecule has 0 spiro atoms. The average molecular weight is 357 g/mol. The SMILES string of the molecule is O=C(NC1CCN(c2nc3ccc(Cl)cc3o2)CC1)c1cccnc1. The van der Waals surface area contributed by atoms with Gasteiger partial charge in [-0.15, -0.1) is 0 Å². The van der Waals surface area contributed by atoms with Gasteiger partial charge in [-0.1, -0.05) is 11.6 Å². The lowest BCUT2D eigenvalue weighted by atomic mass is 10.0. The molecule has 3 heterocycles. The molecule has 4 rings (SSSR count). The van der Waals surface area contributed by atoms with Gasteiger partial charge >= 0.3 is 0 Å². The highest BCUT2D eigenvalue weighted by atomic mass is 35.5. The molecule has 0 radical (unpaired) electrons. The first-order chi connectivity index (χ1) is 12.2. The fourth-order valence-electron chi connectivity index (χ4n) is 3.00. The second-order valence-electron chi connectivity index (χ2n) is 6.08. The normalized spacial score (nSPS) is 15.5. The first kappa shape index (κ1) is 15.9. The van der Waals surface area contributed by atoms with Crippen molar-refractivity contribution in [1.29, 1.82) is 0 Å². The van der Waals surface area contributed by atoms with Gasteiger partial charge in [0.25, 0.3) is 11.9 Å². The zero-order valence-electron chi connectivity index (χ0n) is 13.5. The predicted octanol–water partition coefficient (Wildman–Crippen LogP) is 3.28. The van der Waals surface area contributed by atoms with E-state index in [0.29, 0.717) is 22.2 Å². The van der Waals surface area contributed by atoms with Gasteiger partial charge in [0.1, 0.15) is 5.52 Å². The van der Waals surface area contributed by atoms with Gasteiger partial charge in [-0.2, -0.15) is 4.98 Å². The van der Waals surface area contributed by atoms with Gasteiger partial charge in [0.2, 0.25) is 0 Å². The van der Waals surface area contributed by atoms with Gasteiger partial charge in [-0.05, 0) is 37.1 Å². The van der Waals surface area contributed by atoms with E-state index in [1.807, 2.05) is 6.07 Å². The van der Waals surface area contributed by atoms with Crippen LogP contribution < -0.4 is 10.2 Å². The highest BCUT2D eigenvalue weighted by molar-refractivity contribution is 6.31. The molecule has 1 aromatic carbocycles. The Morgan fingerprint density at radius 1 is 1.28 bits per heavy atom. The Balaban J connectivity index is 1.38. The van der Waals surface area contributed by atoms with Gasteiger partial charge in [0.15, 0.2) is 5.58 Å². The minimum Gasteiger partial charge on any atom is -0.423 e. The molecular formula is C18H17ClN4O2. The van der Waals surface area contributed by atoms with Crippen molar-refractivity contribution in [3.8, 4) is 0 Å². The molecule has 128 valence electrons. The number of rotatable bonds is 3. The van der Waals surface area contributed by atoms with Gasteiger partial charge in [-0.3, -0.25) is 9.78 Å². The van der Waals surface area contributed by atoms with Gasteiger partial charge in [0.05, 0.1) is 5.56 Å². The third-order valence-electron chi connectivity index (χ3n) is 4.36. The standard InChI is InChI=1S/C18H17ClN4O2/c19-13-3-4-15-16(10-13)25-18(22-15)23-8-5-14(6-9-23)21-17(24)12-2-1-7-20-11-12/h1-4,7,10-11,14H,5-6,8-9H2,(H,21,24). The molecule has 7 heteroatoms. The Bertz CT molecular complexity index is 888. The van der Waals surface area contributed by atoms with Crippen LogP contribution in [0.3, 0.4) is 0 Å². The van der Waals surface area contributed by atoms with Crippen LogP contribution >= 0.6 is 11.6 Å².